The highest BCUT2D eigenvalue weighted by Gasteiger charge is 2.36. The Morgan fingerprint density at radius 1 is 1.29 bits per heavy atom. The highest BCUT2D eigenvalue weighted by atomic mass is 32.2. The molecule has 1 aromatic heterocycles. The average molecular weight is 412 g/mol. The standard InChI is InChI=1S/C21H21N3O2S2/c1-13-2-7-18-15(8-13)9-19(28-18)21(26)24-12-27-11-17(24)20(25)23-16-5-3-14(10-22)4-6-16/h3-6,9,13,17H,2,7-8,11-12H2,1H3,(H,23,25)/t13-,17-/m0/s1. The minimum absolute atomic E-state index is 0.0444. The number of amides is 2. The third-order valence-corrected chi connectivity index (χ3v) is 7.50. The fourth-order valence-electron chi connectivity index (χ4n) is 3.67. The van der Waals surface area contributed by atoms with Gasteiger partial charge in [-0.3, -0.25) is 9.59 Å². The second kappa shape index (κ2) is 7.98. The Morgan fingerprint density at radius 3 is 2.82 bits per heavy atom. The topological polar surface area (TPSA) is 73.2 Å². The Hall–Kier alpha value is -2.30. The number of aryl methyl sites for hydroxylation is 1. The van der Waals surface area contributed by atoms with Crippen molar-refractivity contribution in [2.75, 3.05) is 16.9 Å². The van der Waals surface area contributed by atoms with Gasteiger partial charge >= 0.3 is 0 Å². The molecule has 2 aromatic rings. The van der Waals surface area contributed by atoms with Crippen molar-refractivity contribution in [3.05, 3.63) is 51.2 Å². The normalized spacial score (nSPS) is 21.1. The second-order valence-corrected chi connectivity index (χ2v) is 9.51. The van der Waals surface area contributed by atoms with Crippen molar-refractivity contribution in [1.29, 1.82) is 5.26 Å². The number of carbonyl (C=O) groups is 2. The van der Waals surface area contributed by atoms with Crippen LogP contribution in [0.4, 0.5) is 5.69 Å². The third kappa shape index (κ3) is 3.80. The van der Waals surface area contributed by atoms with Crippen molar-refractivity contribution in [3.63, 3.8) is 0 Å². The van der Waals surface area contributed by atoms with Crippen LogP contribution in [0, 0.1) is 17.2 Å². The highest BCUT2D eigenvalue weighted by Crippen LogP contribution is 2.34. The maximum absolute atomic E-state index is 13.1. The van der Waals surface area contributed by atoms with E-state index < -0.39 is 6.04 Å². The Kier molecular flexibility index (Phi) is 5.42. The number of thioether (sulfide) groups is 1. The van der Waals surface area contributed by atoms with Gasteiger partial charge in [0, 0.05) is 16.3 Å². The maximum atomic E-state index is 13.1. The van der Waals surface area contributed by atoms with Gasteiger partial charge < -0.3 is 10.2 Å². The number of carbonyl (C=O) groups excluding carboxylic acids is 2. The fourth-order valence-corrected chi connectivity index (χ4v) is 5.98. The van der Waals surface area contributed by atoms with Gasteiger partial charge in [-0.15, -0.1) is 23.1 Å². The van der Waals surface area contributed by atoms with E-state index >= 15 is 0 Å². The first kappa shape index (κ1) is 19.0. The van der Waals surface area contributed by atoms with Gasteiger partial charge in [-0.25, -0.2) is 0 Å². The summed E-state index contributed by atoms with van der Waals surface area (Å²) in [4.78, 5) is 29.6. The van der Waals surface area contributed by atoms with Gasteiger partial charge in [-0.1, -0.05) is 6.92 Å². The minimum atomic E-state index is -0.480. The molecule has 1 N–H and O–H groups in total. The van der Waals surface area contributed by atoms with Crippen molar-refractivity contribution in [1.82, 2.24) is 4.90 Å². The molecular weight excluding hydrogens is 390 g/mol. The predicted octanol–water partition coefficient (Wildman–Crippen LogP) is 3.90. The molecule has 144 valence electrons. The van der Waals surface area contributed by atoms with Crippen LogP contribution >= 0.6 is 23.1 Å². The number of hydrogen-bond acceptors (Lipinski definition) is 5. The van der Waals surface area contributed by atoms with Gasteiger partial charge in [0.2, 0.25) is 5.91 Å². The maximum Gasteiger partial charge on any atom is 0.265 e. The number of thiophene rings is 1. The van der Waals surface area contributed by atoms with Crippen molar-refractivity contribution in [2.24, 2.45) is 5.92 Å². The van der Waals surface area contributed by atoms with Crippen LogP contribution < -0.4 is 5.32 Å². The summed E-state index contributed by atoms with van der Waals surface area (Å²) in [7, 11) is 0. The van der Waals surface area contributed by atoms with E-state index in [0.717, 1.165) is 17.7 Å². The van der Waals surface area contributed by atoms with Crippen molar-refractivity contribution < 1.29 is 9.59 Å². The molecule has 2 amide bonds. The van der Waals surface area contributed by atoms with Gasteiger partial charge in [-0.2, -0.15) is 5.26 Å². The molecule has 5 nitrogen and oxygen atoms in total. The number of hydrogen-bond donors (Lipinski definition) is 1. The molecule has 0 spiro atoms. The van der Waals surface area contributed by atoms with E-state index in [1.54, 1.807) is 52.3 Å². The first-order chi connectivity index (χ1) is 13.5. The van der Waals surface area contributed by atoms with E-state index in [4.69, 9.17) is 5.26 Å². The smallest absolute Gasteiger partial charge is 0.265 e. The van der Waals surface area contributed by atoms with Gasteiger partial charge in [0.1, 0.15) is 6.04 Å². The first-order valence-corrected chi connectivity index (χ1v) is 11.3. The van der Waals surface area contributed by atoms with E-state index in [1.807, 2.05) is 6.07 Å². The lowest BCUT2D eigenvalue weighted by Crippen LogP contribution is -2.44. The zero-order valence-corrected chi connectivity index (χ0v) is 17.2. The highest BCUT2D eigenvalue weighted by molar-refractivity contribution is 7.99. The summed E-state index contributed by atoms with van der Waals surface area (Å²) < 4.78 is 0. The summed E-state index contributed by atoms with van der Waals surface area (Å²) >= 11 is 3.19. The Labute approximate surface area is 172 Å². The molecule has 0 bridgehead atoms. The minimum Gasteiger partial charge on any atom is -0.324 e. The molecule has 1 aliphatic heterocycles. The number of anilines is 1. The molecule has 2 heterocycles. The van der Waals surface area contributed by atoms with Crippen LogP contribution in [0.3, 0.4) is 0 Å². The number of nitrogens with one attached hydrogen (secondary N) is 1. The summed E-state index contributed by atoms with van der Waals surface area (Å²) in [5, 5.41) is 11.8. The van der Waals surface area contributed by atoms with Crippen molar-refractivity contribution >= 4 is 40.6 Å². The molecular formula is C21H21N3O2S2. The van der Waals surface area contributed by atoms with E-state index in [-0.39, 0.29) is 11.8 Å². The van der Waals surface area contributed by atoms with Crippen LogP contribution in [0.2, 0.25) is 0 Å². The summed E-state index contributed by atoms with van der Waals surface area (Å²) in [5.41, 5.74) is 2.48. The number of fused-ring (bicyclic) bond motifs is 1. The lowest BCUT2D eigenvalue weighted by Gasteiger charge is -2.22. The number of benzene rings is 1. The summed E-state index contributed by atoms with van der Waals surface area (Å²) in [6.07, 6.45) is 3.26. The molecule has 0 unspecified atom stereocenters. The first-order valence-electron chi connectivity index (χ1n) is 9.36. The summed E-state index contributed by atoms with van der Waals surface area (Å²) in [5.74, 6) is 1.56. The molecule has 1 aliphatic carbocycles. The van der Waals surface area contributed by atoms with E-state index in [9.17, 15) is 9.59 Å². The number of nitriles is 1. The van der Waals surface area contributed by atoms with Gasteiger partial charge in [0.05, 0.1) is 22.4 Å². The largest absolute Gasteiger partial charge is 0.324 e. The molecule has 2 aliphatic rings. The molecule has 1 fully saturated rings. The third-order valence-electron chi connectivity index (χ3n) is 5.27. The lowest BCUT2D eigenvalue weighted by molar-refractivity contribution is -0.119. The fraction of sp³-hybridized carbons (Fsp3) is 0.381. The monoisotopic (exact) mass is 411 g/mol. The summed E-state index contributed by atoms with van der Waals surface area (Å²) in [6.45, 7) is 2.25. The predicted molar refractivity (Wildman–Crippen MR) is 113 cm³/mol. The molecule has 4 rings (SSSR count). The quantitative estimate of drug-likeness (QED) is 0.831. The Balaban J connectivity index is 1.47. The zero-order valence-electron chi connectivity index (χ0n) is 15.6. The summed E-state index contributed by atoms with van der Waals surface area (Å²) in [6, 6.07) is 10.4. The van der Waals surface area contributed by atoms with Gasteiger partial charge in [0.15, 0.2) is 0 Å². The zero-order chi connectivity index (χ0) is 19.7. The Bertz CT molecular complexity index is 946. The van der Waals surface area contributed by atoms with Gasteiger partial charge in [-0.05, 0) is 61.1 Å². The molecule has 28 heavy (non-hydrogen) atoms. The van der Waals surface area contributed by atoms with Crippen molar-refractivity contribution in [3.8, 4) is 6.07 Å². The van der Waals surface area contributed by atoms with Crippen LogP contribution in [0.15, 0.2) is 30.3 Å². The van der Waals surface area contributed by atoms with Crippen LogP contribution in [0.1, 0.15) is 39.0 Å². The second-order valence-electron chi connectivity index (χ2n) is 7.38. The molecule has 1 aromatic carbocycles. The Morgan fingerprint density at radius 2 is 2.07 bits per heavy atom. The number of nitrogens with zero attached hydrogens (tertiary/aromatic N) is 2. The molecule has 0 saturated carbocycles. The number of rotatable bonds is 3. The van der Waals surface area contributed by atoms with Crippen molar-refractivity contribution in [2.45, 2.75) is 32.2 Å². The SMILES string of the molecule is C[C@H]1CCc2sc(C(=O)N3CSC[C@H]3C(=O)Nc3ccc(C#N)cc3)cc2C1. The molecule has 1 saturated heterocycles. The average Bonchev–Trinajstić information content (AvgIpc) is 3.34. The molecule has 0 radical (unpaired) electrons. The van der Waals surface area contributed by atoms with Crippen LogP contribution in [-0.2, 0) is 17.6 Å². The van der Waals surface area contributed by atoms with Crippen LogP contribution in [-0.4, -0.2) is 34.4 Å². The molecule has 7 heteroatoms. The van der Waals surface area contributed by atoms with Crippen LogP contribution in [0.25, 0.3) is 0 Å². The van der Waals surface area contributed by atoms with Gasteiger partial charge in [0.25, 0.3) is 5.91 Å². The van der Waals surface area contributed by atoms with E-state index in [2.05, 4.69) is 18.3 Å². The lowest BCUT2D eigenvalue weighted by atomic mass is 9.90. The van der Waals surface area contributed by atoms with Crippen LogP contribution in [0.5, 0.6) is 0 Å². The van der Waals surface area contributed by atoms with E-state index in [0.29, 0.717) is 28.8 Å². The van der Waals surface area contributed by atoms with E-state index in [1.165, 1.54) is 16.9 Å². The molecule has 2 atom stereocenters.